The highest BCUT2D eigenvalue weighted by atomic mass is 16.5. The summed E-state index contributed by atoms with van der Waals surface area (Å²) in [5, 5.41) is 2.82. The van der Waals surface area contributed by atoms with Crippen LogP contribution in [0.15, 0.2) is 11.6 Å². The van der Waals surface area contributed by atoms with Gasteiger partial charge >= 0.3 is 5.97 Å². The maximum Gasteiger partial charge on any atom is 0.306 e. The van der Waals surface area contributed by atoms with Gasteiger partial charge in [-0.15, -0.1) is 0 Å². The highest BCUT2D eigenvalue weighted by Crippen LogP contribution is 2.19. The maximum absolute atomic E-state index is 11.4. The molecule has 0 unspecified atom stereocenters. The largest absolute Gasteiger partial charge is 0.466 e. The number of carbonyl (C=O) groups is 2. The molecule has 1 N–H and O–H groups in total. The Morgan fingerprint density at radius 2 is 2.24 bits per heavy atom. The highest BCUT2D eigenvalue weighted by molar-refractivity contribution is 5.81. The molecule has 0 saturated carbocycles. The van der Waals surface area contributed by atoms with E-state index in [1.54, 1.807) is 6.92 Å². The second kappa shape index (κ2) is 7.87. The van der Waals surface area contributed by atoms with Crippen LogP contribution in [0.3, 0.4) is 0 Å². The monoisotopic (exact) mass is 239 g/mol. The molecule has 0 spiro atoms. The van der Waals surface area contributed by atoms with Gasteiger partial charge in [-0.25, -0.2) is 0 Å². The van der Waals surface area contributed by atoms with Gasteiger partial charge in [0.2, 0.25) is 5.91 Å². The van der Waals surface area contributed by atoms with Crippen LogP contribution in [0.25, 0.3) is 0 Å². The van der Waals surface area contributed by atoms with Crippen molar-refractivity contribution in [1.82, 2.24) is 5.32 Å². The number of allylic oxidation sites excluding steroid dienone is 1. The first-order valence-corrected chi connectivity index (χ1v) is 6.32. The zero-order valence-corrected chi connectivity index (χ0v) is 10.5. The number of nitrogens with one attached hydrogen (secondary N) is 1. The average Bonchev–Trinajstić information content (AvgIpc) is 2.80. The van der Waals surface area contributed by atoms with Crippen molar-refractivity contribution in [2.45, 2.75) is 45.4 Å². The molecule has 1 amide bonds. The summed E-state index contributed by atoms with van der Waals surface area (Å²) in [6.07, 6.45) is 7.16. The van der Waals surface area contributed by atoms with Crippen LogP contribution in [0.5, 0.6) is 0 Å². The van der Waals surface area contributed by atoms with Gasteiger partial charge in [0.05, 0.1) is 13.0 Å². The topological polar surface area (TPSA) is 55.4 Å². The minimum absolute atomic E-state index is 0.0725. The Labute approximate surface area is 102 Å². The lowest BCUT2D eigenvalue weighted by atomic mass is 10.1. The number of rotatable bonds is 7. The zero-order chi connectivity index (χ0) is 12.5. The Morgan fingerprint density at radius 1 is 1.41 bits per heavy atom. The van der Waals surface area contributed by atoms with Gasteiger partial charge in [-0.2, -0.15) is 0 Å². The van der Waals surface area contributed by atoms with Crippen LogP contribution in [0.4, 0.5) is 0 Å². The van der Waals surface area contributed by atoms with Gasteiger partial charge in [0.25, 0.3) is 0 Å². The van der Waals surface area contributed by atoms with Crippen molar-refractivity contribution in [3.8, 4) is 0 Å². The van der Waals surface area contributed by atoms with E-state index in [1.165, 1.54) is 24.8 Å². The second-order valence-corrected chi connectivity index (χ2v) is 4.16. The maximum atomic E-state index is 11.4. The van der Waals surface area contributed by atoms with Crippen LogP contribution in [-0.2, 0) is 14.3 Å². The normalized spacial score (nSPS) is 14.3. The summed E-state index contributed by atoms with van der Waals surface area (Å²) >= 11 is 0. The molecular weight excluding hydrogens is 218 g/mol. The van der Waals surface area contributed by atoms with E-state index in [2.05, 4.69) is 11.4 Å². The molecule has 1 aliphatic rings. The van der Waals surface area contributed by atoms with E-state index >= 15 is 0 Å². The predicted octanol–water partition coefficient (Wildman–Crippen LogP) is 1.95. The van der Waals surface area contributed by atoms with Gasteiger partial charge < -0.3 is 10.1 Å². The van der Waals surface area contributed by atoms with Crippen molar-refractivity contribution in [1.29, 1.82) is 0 Å². The van der Waals surface area contributed by atoms with E-state index in [0.717, 1.165) is 6.42 Å². The first kappa shape index (κ1) is 13.7. The van der Waals surface area contributed by atoms with Crippen molar-refractivity contribution < 1.29 is 14.3 Å². The molecule has 0 aromatic carbocycles. The first-order chi connectivity index (χ1) is 8.22. The Balaban J connectivity index is 2.02. The smallest absolute Gasteiger partial charge is 0.306 e. The summed E-state index contributed by atoms with van der Waals surface area (Å²) < 4.78 is 4.75. The van der Waals surface area contributed by atoms with Gasteiger partial charge in [-0.05, 0) is 32.6 Å². The summed E-state index contributed by atoms with van der Waals surface area (Å²) in [5.41, 5.74) is 1.44. The Bertz CT molecular complexity index is 297. The first-order valence-electron chi connectivity index (χ1n) is 6.32. The van der Waals surface area contributed by atoms with Gasteiger partial charge in [-0.1, -0.05) is 11.6 Å². The molecule has 0 aliphatic heterocycles. The molecule has 0 radical (unpaired) electrons. The molecule has 0 atom stereocenters. The Kier molecular flexibility index (Phi) is 6.37. The molecule has 0 saturated heterocycles. The molecule has 0 heterocycles. The molecule has 1 aliphatic carbocycles. The molecule has 0 aromatic rings. The van der Waals surface area contributed by atoms with Crippen LogP contribution in [0.2, 0.25) is 0 Å². The van der Waals surface area contributed by atoms with Crippen molar-refractivity contribution >= 4 is 11.9 Å². The fourth-order valence-electron chi connectivity index (χ4n) is 1.86. The molecule has 96 valence electrons. The summed E-state index contributed by atoms with van der Waals surface area (Å²) in [6.45, 7) is 2.80. The van der Waals surface area contributed by atoms with Gasteiger partial charge in [0, 0.05) is 13.0 Å². The predicted molar refractivity (Wildman–Crippen MR) is 65.4 cm³/mol. The molecular formula is C13H21NO3. The zero-order valence-electron chi connectivity index (χ0n) is 10.5. The van der Waals surface area contributed by atoms with Crippen molar-refractivity contribution in [2.75, 3.05) is 13.2 Å². The molecule has 4 heteroatoms. The third kappa shape index (κ3) is 6.09. The van der Waals surface area contributed by atoms with Crippen LogP contribution in [0.1, 0.15) is 45.4 Å². The summed E-state index contributed by atoms with van der Waals surface area (Å²) in [4.78, 5) is 22.4. The van der Waals surface area contributed by atoms with Crippen LogP contribution in [0, 0.1) is 0 Å². The van der Waals surface area contributed by atoms with E-state index in [-0.39, 0.29) is 24.7 Å². The van der Waals surface area contributed by atoms with Gasteiger partial charge in [0.1, 0.15) is 0 Å². The molecule has 1 rings (SSSR count). The third-order valence-electron chi connectivity index (χ3n) is 2.76. The minimum Gasteiger partial charge on any atom is -0.466 e. The van der Waals surface area contributed by atoms with E-state index in [4.69, 9.17) is 4.74 Å². The van der Waals surface area contributed by atoms with Crippen molar-refractivity contribution in [2.24, 2.45) is 0 Å². The summed E-state index contributed by atoms with van der Waals surface area (Å²) in [5.74, 6) is -0.377. The van der Waals surface area contributed by atoms with Crippen LogP contribution < -0.4 is 5.32 Å². The third-order valence-corrected chi connectivity index (χ3v) is 2.76. The van der Waals surface area contributed by atoms with Crippen molar-refractivity contribution in [3.05, 3.63) is 11.6 Å². The second-order valence-electron chi connectivity index (χ2n) is 4.16. The van der Waals surface area contributed by atoms with E-state index in [0.29, 0.717) is 13.2 Å². The molecule has 0 aromatic heterocycles. The highest BCUT2D eigenvalue weighted by Gasteiger charge is 2.08. The lowest BCUT2D eigenvalue weighted by Crippen LogP contribution is -2.25. The molecule has 0 bridgehead atoms. The SMILES string of the molecule is CCOC(=O)CCC(=O)NCCC1=CCCC1. The Hall–Kier alpha value is -1.32. The molecule has 0 fully saturated rings. The fraction of sp³-hybridized carbons (Fsp3) is 0.692. The van der Waals surface area contributed by atoms with E-state index < -0.39 is 0 Å². The van der Waals surface area contributed by atoms with Crippen LogP contribution in [-0.4, -0.2) is 25.0 Å². The lowest BCUT2D eigenvalue weighted by Gasteiger charge is -2.05. The number of ether oxygens (including phenoxy) is 1. The fourth-order valence-corrected chi connectivity index (χ4v) is 1.86. The summed E-state index contributed by atoms with van der Waals surface area (Å²) in [6, 6.07) is 0. The average molecular weight is 239 g/mol. The van der Waals surface area contributed by atoms with Crippen molar-refractivity contribution in [3.63, 3.8) is 0 Å². The standard InChI is InChI=1S/C13H21NO3/c1-2-17-13(16)8-7-12(15)14-10-9-11-5-3-4-6-11/h5H,2-4,6-10H2,1H3,(H,14,15). The molecule has 4 nitrogen and oxygen atoms in total. The Morgan fingerprint density at radius 3 is 2.88 bits per heavy atom. The minimum atomic E-state index is -0.304. The lowest BCUT2D eigenvalue weighted by molar-refractivity contribution is -0.144. The quantitative estimate of drug-likeness (QED) is 0.545. The van der Waals surface area contributed by atoms with E-state index in [1.807, 2.05) is 0 Å². The van der Waals surface area contributed by atoms with Gasteiger partial charge in [0.15, 0.2) is 0 Å². The summed E-state index contributed by atoms with van der Waals surface area (Å²) in [7, 11) is 0. The van der Waals surface area contributed by atoms with E-state index in [9.17, 15) is 9.59 Å². The number of esters is 1. The van der Waals surface area contributed by atoms with Gasteiger partial charge in [-0.3, -0.25) is 9.59 Å². The number of carbonyl (C=O) groups excluding carboxylic acids is 2. The number of hydrogen-bond donors (Lipinski definition) is 1. The van der Waals surface area contributed by atoms with Crippen LogP contribution >= 0.6 is 0 Å². The molecule has 17 heavy (non-hydrogen) atoms. The number of hydrogen-bond acceptors (Lipinski definition) is 3. The number of amides is 1.